The number of alkyl carbamates (subject to hydrolysis) is 1. The molecule has 1 aromatic rings. The zero-order chi connectivity index (χ0) is 25.9. The predicted molar refractivity (Wildman–Crippen MR) is 135 cm³/mol. The second-order valence-electron chi connectivity index (χ2n) is 11.2. The van der Waals surface area contributed by atoms with Crippen molar-refractivity contribution in [2.24, 2.45) is 16.7 Å². The molecule has 1 saturated carbocycles. The fourth-order valence-corrected chi connectivity index (χ4v) is 5.36. The molecule has 7 nitrogen and oxygen atoms in total. The largest absolute Gasteiger partial charge is 0.466 e. The zero-order valence-electron chi connectivity index (χ0n) is 22.1. The van der Waals surface area contributed by atoms with Crippen molar-refractivity contribution in [3.63, 3.8) is 0 Å². The van der Waals surface area contributed by atoms with E-state index in [1.54, 1.807) is 0 Å². The van der Waals surface area contributed by atoms with Crippen LogP contribution in [0.2, 0.25) is 0 Å². The Morgan fingerprint density at radius 2 is 1.66 bits per heavy atom. The molecule has 1 aliphatic carbocycles. The summed E-state index contributed by atoms with van der Waals surface area (Å²) in [5.41, 5.74) is 1.05. The lowest BCUT2D eigenvalue weighted by atomic mass is 9.60. The van der Waals surface area contributed by atoms with Crippen LogP contribution < -0.4 is 5.32 Å². The maximum Gasteiger partial charge on any atom is 0.407 e. The van der Waals surface area contributed by atoms with Crippen LogP contribution in [0.1, 0.15) is 78.7 Å². The lowest BCUT2D eigenvalue weighted by molar-refractivity contribution is -0.147. The Balaban J connectivity index is 1.67. The highest BCUT2D eigenvalue weighted by Crippen LogP contribution is 2.49. The lowest BCUT2D eigenvalue weighted by Gasteiger charge is -2.46. The molecule has 196 valence electrons. The van der Waals surface area contributed by atoms with Gasteiger partial charge in [0.25, 0.3) is 0 Å². The second-order valence-corrected chi connectivity index (χ2v) is 11.2. The van der Waals surface area contributed by atoms with Gasteiger partial charge in [0.05, 0.1) is 19.3 Å². The van der Waals surface area contributed by atoms with E-state index in [9.17, 15) is 14.4 Å². The fraction of sp³-hybridized carbons (Fsp3) is 0.679. The van der Waals surface area contributed by atoms with Crippen molar-refractivity contribution < 1.29 is 28.6 Å². The third kappa shape index (κ3) is 11.6. The Morgan fingerprint density at radius 1 is 1.00 bits per heavy atom. The zero-order valence-corrected chi connectivity index (χ0v) is 22.1. The average Bonchev–Trinajstić information content (AvgIpc) is 2.75. The van der Waals surface area contributed by atoms with Crippen molar-refractivity contribution in [1.82, 2.24) is 5.32 Å². The van der Waals surface area contributed by atoms with Gasteiger partial charge >= 0.3 is 18.0 Å². The third-order valence-electron chi connectivity index (χ3n) is 6.26. The van der Waals surface area contributed by atoms with Crippen molar-refractivity contribution in [3.8, 4) is 0 Å². The van der Waals surface area contributed by atoms with Gasteiger partial charge in [-0.05, 0) is 61.8 Å². The van der Waals surface area contributed by atoms with Gasteiger partial charge in [-0.2, -0.15) is 0 Å². The molecule has 2 atom stereocenters. The van der Waals surface area contributed by atoms with E-state index in [1.165, 1.54) is 0 Å². The van der Waals surface area contributed by atoms with Crippen molar-refractivity contribution >= 4 is 18.0 Å². The molecule has 2 rings (SSSR count). The molecule has 0 bridgehead atoms. The molecule has 7 heteroatoms. The topological polar surface area (TPSA) is 90.9 Å². The van der Waals surface area contributed by atoms with E-state index in [0.717, 1.165) is 24.8 Å². The highest BCUT2D eigenvalue weighted by atomic mass is 16.6. The molecule has 1 fully saturated rings. The highest BCUT2D eigenvalue weighted by Gasteiger charge is 2.42. The Bertz CT molecular complexity index is 822. The van der Waals surface area contributed by atoms with Crippen molar-refractivity contribution in [2.75, 3.05) is 19.8 Å². The van der Waals surface area contributed by atoms with Crippen LogP contribution in [0.5, 0.6) is 0 Å². The van der Waals surface area contributed by atoms with Gasteiger partial charge in [0.15, 0.2) is 0 Å². The SMILES string of the molecule is CC(C)OC(=O)NCC1(C)CC(CC(=O)OCCCOC(=O)CCc2ccccc2)CC(C)(C)C1. The predicted octanol–water partition coefficient (Wildman–Crippen LogP) is 5.45. The fourth-order valence-electron chi connectivity index (χ4n) is 5.36. The number of rotatable bonds is 12. The Morgan fingerprint density at radius 3 is 2.31 bits per heavy atom. The van der Waals surface area contributed by atoms with Crippen LogP contribution in [-0.2, 0) is 30.2 Å². The molecule has 0 spiro atoms. The van der Waals surface area contributed by atoms with Crippen LogP contribution in [0.4, 0.5) is 4.79 Å². The number of nitrogens with one attached hydrogen (secondary N) is 1. The van der Waals surface area contributed by atoms with E-state index in [1.807, 2.05) is 44.2 Å². The van der Waals surface area contributed by atoms with E-state index in [0.29, 0.717) is 32.2 Å². The highest BCUT2D eigenvalue weighted by molar-refractivity contribution is 5.70. The van der Waals surface area contributed by atoms with Gasteiger partial charge in [-0.25, -0.2) is 4.79 Å². The normalized spacial score (nSPS) is 21.3. The molecule has 1 aliphatic rings. The summed E-state index contributed by atoms with van der Waals surface area (Å²) in [5, 5.41) is 2.89. The molecule has 0 radical (unpaired) electrons. The van der Waals surface area contributed by atoms with Crippen LogP contribution in [0.25, 0.3) is 0 Å². The van der Waals surface area contributed by atoms with Crippen molar-refractivity contribution in [2.45, 2.75) is 85.7 Å². The van der Waals surface area contributed by atoms with Crippen molar-refractivity contribution in [1.29, 1.82) is 0 Å². The second kappa shape index (κ2) is 13.5. The molecule has 1 aromatic carbocycles. The Labute approximate surface area is 210 Å². The number of aryl methyl sites for hydroxylation is 1. The van der Waals surface area contributed by atoms with Gasteiger partial charge in [0.2, 0.25) is 0 Å². The molecular weight excluding hydrogens is 446 g/mol. The summed E-state index contributed by atoms with van der Waals surface area (Å²) < 4.78 is 15.8. The molecule has 1 amide bonds. The standard InChI is InChI=1S/C28H43NO6/c1-21(2)35-26(32)29-20-28(5)18-23(17-27(3,4)19-28)16-25(31)34-15-9-14-33-24(30)13-12-22-10-7-6-8-11-22/h6-8,10-11,21,23H,9,12-20H2,1-5H3,(H,29,32). The number of ether oxygens (including phenoxy) is 3. The van der Waals surface area contributed by atoms with Crippen LogP contribution in [0, 0.1) is 16.7 Å². The smallest absolute Gasteiger partial charge is 0.407 e. The van der Waals surface area contributed by atoms with Crippen LogP contribution in [0.15, 0.2) is 30.3 Å². The first kappa shape index (κ1) is 28.7. The molecule has 35 heavy (non-hydrogen) atoms. The first-order chi connectivity index (χ1) is 16.5. The minimum Gasteiger partial charge on any atom is -0.466 e. The quantitative estimate of drug-likeness (QED) is 0.238. The summed E-state index contributed by atoms with van der Waals surface area (Å²) in [6, 6.07) is 9.82. The molecule has 2 unspecified atom stereocenters. The molecular formula is C28H43NO6. The molecule has 0 saturated heterocycles. The summed E-state index contributed by atoms with van der Waals surface area (Å²) in [6.07, 6.45) is 4.00. The number of benzene rings is 1. The van der Waals surface area contributed by atoms with Gasteiger partial charge in [0, 0.05) is 25.8 Å². The summed E-state index contributed by atoms with van der Waals surface area (Å²) in [4.78, 5) is 36.3. The monoisotopic (exact) mass is 489 g/mol. The summed E-state index contributed by atoms with van der Waals surface area (Å²) >= 11 is 0. The van der Waals surface area contributed by atoms with Gasteiger partial charge in [-0.3, -0.25) is 9.59 Å². The number of esters is 2. The van der Waals surface area contributed by atoms with E-state index >= 15 is 0 Å². The average molecular weight is 490 g/mol. The number of carbonyl (C=O) groups is 3. The van der Waals surface area contributed by atoms with E-state index in [4.69, 9.17) is 14.2 Å². The van der Waals surface area contributed by atoms with Gasteiger partial charge < -0.3 is 19.5 Å². The number of amides is 1. The van der Waals surface area contributed by atoms with E-state index in [2.05, 4.69) is 26.1 Å². The maximum atomic E-state index is 12.5. The summed E-state index contributed by atoms with van der Waals surface area (Å²) in [5.74, 6) is -0.276. The van der Waals surface area contributed by atoms with Crippen LogP contribution in [0.3, 0.4) is 0 Å². The maximum absolute atomic E-state index is 12.5. The van der Waals surface area contributed by atoms with Gasteiger partial charge in [0.1, 0.15) is 0 Å². The Hall–Kier alpha value is -2.57. The van der Waals surface area contributed by atoms with Crippen LogP contribution >= 0.6 is 0 Å². The lowest BCUT2D eigenvalue weighted by Crippen LogP contribution is -2.44. The van der Waals surface area contributed by atoms with Crippen molar-refractivity contribution in [3.05, 3.63) is 35.9 Å². The van der Waals surface area contributed by atoms with Gasteiger partial charge in [-0.1, -0.05) is 51.1 Å². The van der Waals surface area contributed by atoms with E-state index < -0.39 is 6.09 Å². The summed E-state index contributed by atoms with van der Waals surface area (Å²) in [7, 11) is 0. The van der Waals surface area contributed by atoms with Crippen LogP contribution in [-0.4, -0.2) is 43.9 Å². The minimum absolute atomic E-state index is 0.0650. The first-order valence-electron chi connectivity index (χ1n) is 12.8. The molecule has 1 N–H and O–H groups in total. The minimum atomic E-state index is -0.402. The molecule has 0 heterocycles. The Kier molecular flexibility index (Phi) is 11.1. The number of hydrogen-bond acceptors (Lipinski definition) is 6. The molecule has 0 aliphatic heterocycles. The molecule has 0 aromatic heterocycles. The third-order valence-corrected chi connectivity index (χ3v) is 6.26. The van der Waals surface area contributed by atoms with E-state index in [-0.39, 0.29) is 48.0 Å². The number of carbonyl (C=O) groups excluding carboxylic acids is 3. The number of hydrogen-bond donors (Lipinski definition) is 1. The summed E-state index contributed by atoms with van der Waals surface area (Å²) in [6.45, 7) is 11.2. The van der Waals surface area contributed by atoms with Gasteiger partial charge in [-0.15, -0.1) is 0 Å². The first-order valence-corrected chi connectivity index (χ1v) is 12.8.